The summed E-state index contributed by atoms with van der Waals surface area (Å²) in [5, 5.41) is 11.0. The monoisotopic (exact) mass is 515 g/mol. The number of carbonyl (C=O) groups excluding carboxylic acids is 2. The first kappa shape index (κ1) is 27.9. The van der Waals surface area contributed by atoms with Gasteiger partial charge >= 0.3 is 5.97 Å². The molecule has 0 bridgehead atoms. The number of hydrogen-bond donors (Lipinski definition) is 0. The van der Waals surface area contributed by atoms with Gasteiger partial charge in [0.25, 0.3) is 0 Å². The summed E-state index contributed by atoms with van der Waals surface area (Å²) in [6.45, 7) is 2.64. The lowest BCUT2D eigenvalue weighted by Crippen LogP contribution is -2.45. The summed E-state index contributed by atoms with van der Waals surface area (Å²) in [6, 6.07) is 0. The number of likely N-dealkylation sites (N-methyl/N-ethyl adjacent to an activating group) is 1. The van der Waals surface area contributed by atoms with Crippen molar-refractivity contribution in [2.75, 3.05) is 27.7 Å². The standard InChI is InChI=1S/C31H61NO4/c1-5-6-7-8-9-10-11-12-13-14-15-16-17-18-19-20-21-22-23-24-25-26-31(35)36-29(27-30(33)34)28-32(2,3)4/h29H,5-28H2,1-4H3/t29-/m1/s1/i18D2,19D2. The average Bonchev–Trinajstić information content (AvgIpc) is 2.82. The van der Waals surface area contributed by atoms with E-state index in [1.54, 1.807) is 0 Å². The summed E-state index contributed by atoms with van der Waals surface area (Å²) >= 11 is 0. The van der Waals surface area contributed by atoms with Gasteiger partial charge in [-0.25, -0.2) is 0 Å². The van der Waals surface area contributed by atoms with Gasteiger partial charge in [-0.15, -0.1) is 0 Å². The first-order valence-electron chi connectivity index (χ1n) is 16.9. The second-order valence-electron chi connectivity index (χ2n) is 11.4. The summed E-state index contributed by atoms with van der Waals surface area (Å²) < 4.78 is 39.1. The van der Waals surface area contributed by atoms with Gasteiger partial charge in [-0.1, -0.05) is 135 Å². The fourth-order valence-electron chi connectivity index (χ4n) is 4.43. The molecule has 214 valence electrons. The molecule has 0 aromatic carbocycles. The molecule has 5 nitrogen and oxygen atoms in total. The van der Waals surface area contributed by atoms with E-state index in [-0.39, 0.29) is 25.7 Å². The van der Waals surface area contributed by atoms with Gasteiger partial charge < -0.3 is 19.1 Å². The quantitative estimate of drug-likeness (QED) is 0.0652. The van der Waals surface area contributed by atoms with E-state index in [0.29, 0.717) is 23.9 Å². The minimum Gasteiger partial charge on any atom is -0.550 e. The Morgan fingerprint density at radius 2 is 1.08 bits per heavy atom. The number of quaternary nitrogens is 1. The predicted molar refractivity (Wildman–Crippen MR) is 150 cm³/mol. The zero-order valence-corrected chi connectivity index (χ0v) is 24.2. The van der Waals surface area contributed by atoms with E-state index in [1.165, 1.54) is 57.8 Å². The maximum atomic E-state index is 12.1. The largest absolute Gasteiger partial charge is 0.550 e. The SMILES string of the molecule is [2H]C([2H])(CCCCCCCCCCCCCC)C([2H])([2H])CCCCCCCC(=O)O[C@H](CC(=O)[O-])C[N+](C)(C)C. The van der Waals surface area contributed by atoms with Gasteiger partial charge in [0, 0.05) is 24.3 Å². The Labute approximate surface area is 230 Å². The van der Waals surface area contributed by atoms with Crippen molar-refractivity contribution in [1.82, 2.24) is 0 Å². The number of carboxylic acid groups (broad SMARTS) is 1. The third-order valence-electron chi connectivity index (χ3n) is 6.41. The second kappa shape index (κ2) is 24.2. The minimum absolute atomic E-state index is 0.205. The van der Waals surface area contributed by atoms with Crippen molar-refractivity contribution in [2.24, 2.45) is 0 Å². The Hall–Kier alpha value is -1.10. The number of unbranched alkanes of at least 4 members (excludes halogenated alkanes) is 15. The molecule has 0 aliphatic carbocycles. The van der Waals surface area contributed by atoms with Gasteiger partial charge in [0.1, 0.15) is 6.54 Å². The van der Waals surface area contributed by atoms with E-state index >= 15 is 0 Å². The van der Waals surface area contributed by atoms with Crippen LogP contribution in [0.3, 0.4) is 0 Å². The van der Waals surface area contributed by atoms with Crippen molar-refractivity contribution < 1.29 is 29.4 Å². The van der Waals surface area contributed by atoms with E-state index in [4.69, 9.17) is 10.2 Å². The molecule has 0 radical (unpaired) electrons. The number of hydrogen-bond acceptors (Lipinski definition) is 4. The molecule has 0 saturated carbocycles. The smallest absolute Gasteiger partial charge is 0.306 e. The Kier molecular flexibility index (Phi) is 18.8. The van der Waals surface area contributed by atoms with Crippen LogP contribution in [-0.2, 0) is 14.3 Å². The van der Waals surface area contributed by atoms with Crippen LogP contribution in [0, 0.1) is 0 Å². The van der Waals surface area contributed by atoms with Crippen LogP contribution in [0.5, 0.6) is 0 Å². The van der Waals surface area contributed by atoms with Gasteiger partial charge in [-0.3, -0.25) is 4.79 Å². The molecule has 0 fully saturated rings. The summed E-state index contributed by atoms with van der Waals surface area (Å²) in [4.78, 5) is 23.1. The normalized spacial score (nSPS) is 15.0. The van der Waals surface area contributed by atoms with Crippen LogP contribution in [0.2, 0.25) is 0 Å². The highest BCUT2D eigenvalue weighted by Crippen LogP contribution is 2.15. The summed E-state index contributed by atoms with van der Waals surface area (Å²) in [7, 11) is 5.72. The lowest BCUT2D eigenvalue weighted by atomic mass is 10.0. The van der Waals surface area contributed by atoms with Crippen LogP contribution in [0.15, 0.2) is 0 Å². The Balaban J connectivity index is 3.97. The Bertz CT molecular complexity index is 668. The third kappa shape index (κ3) is 27.5. The average molecular weight is 516 g/mol. The molecule has 5 heteroatoms. The number of nitrogens with zero attached hydrogens (tertiary/aromatic N) is 1. The summed E-state index contributed by atoms with van der Waals surface area (Å²) in [5.41, 5.74) is 0. The van der Waals surface area contributed by atoms with Crippen molar-refractivity contribution in [3.63, 3.8) is 0 Å². The van der Waals surface area contributed by atoms with Crippen LogP contribution in [0.25, 0.3) is 0 Å². The molecule has 0 spiro atoms. The van der Waals surface area contributed by atoms with Crippen LogP contribution in [0.1, 0.15) is 160 Å². The molecule has 0 unspecified atom stereocenters. The molecule has 0 aliphatic heterocycles. The highest BCUT2D eigenvalue weighted by molar-refractivity contribution is 5.70. The number of rotatable bonds is 27. The number of carbonyl (C=O) groups is 2. The maximum Gasteiger partial charge on any atom is 0.306 e. The zero-order chi connectivity index (χ0) is 30.5. The molecule has 36 heavy (non-hydrogen) atoms. The Morgan fingerprint density at radius 3 is 1.47 bits per heavy atom. The lowest BCUT2D eigenvalue weighted by molar-refractivity contribution is -0.873. The zero-order valence-electron chi connectivity index (χ0n) is 28.2. The van der Waals surface area contributed by atoms with Crippen LogP contribution < -0.4 is 5.11 Å². The molecule has 0 N–H and O–H groups in total. The predicted octanol–water partition coefficient (Wildman–Crippen LogP) is 7.35. The summed E-state index contributed by atoms with van der Waals surface area (Å²) in [5.74, 6) is -1.63. The maximum absolute atomic E-state index is 12.1. The molecular weight excluding hydrogens is 450 g/mol. The first-order chi connectivity index (χ1) is 18.7. The second-order valence-corrected chi connectivity index (χ2v) is 11.4. The van der Waals surface area contributed by atoms with Gasteiger partial charge in [-0.05, 0) is 6.42 Å². The van der Waals surface area contributed by atoms with Crippen molar-refractivity contribution >= 4 is 11.9 Å². The third-order valence-corrected chi connectivity index (χ3v) is 6.41. The number of aliphatic carboxylic acids is 1. The van der Waals surface area contributed by atoms with Gasteiger partial charge in [0.05, 0.1) is 21.1 Å². The van der Waals surface area contributed by atoms with Crippen molar-refractivity contribution in [3.8, 4) is 0 Å². The first-order valence-corrected chi connectivity index (χ1v) is 14.9. The van der Waals surface area contributed by atoms with Crippen LogP contribution in [-0.4, -0.2) is 50.2 Å². The lowest BCUT2D eigenvalue weighted by Gasteiger charge is -2.29. The topological polar surface area (TPSA) is 66.4 Å². The molecule has 0 aromatic heterocycles. The van der Waals surface area contributed by atoms with Crippen LogP contribution >= 0.6 is 0 Å². The van der Waals surface area contributed by atoms with E-state index in [2.05, 4.69) is 6.92 Å². The number of esters is 1. The molecule has 0 saturated heterocycles. The summed E-state index contributed by atoms with van der Waals surface area (Å²) in [6.07, 6.45) is 14.3. The van der Waals surface area contributed by atoms with Crippen molar-refractivity contribution in [2.45, 2.75) is 161 Å². The van der Waals surface area contributed by atoms with E-state index in [1.807, 2.05) is 21.1 Å². The molecule has 0 rings (SSSR count). The van der Waals surface area contributed by atoms with E-state index in [9.17, 15) is 14.7 Å². The van der Waals surface area contributed by atoms with Gasteiger partial charge in [0.2, 0.25) is 0 Å². The fraction of sp³-hybridized carbons (Fsp3) is 0.935. The number of carboxylic acids is 1. The van der Waals surface area contributed by atoms with E-state index < -0.39 is 30.8 Å². The molecular formula is C31H61NO4. The molecule has 0 heterocycles. The molecule has 1 atom stereocenters. The highest BCUT2D eigenvalue weighted by Gasteiger charge is 2.22. The van der Waals surface area contributed by atoms with Crippen molar-refractivity contribution in [1.29, 1.82) is 0 Å². The minimum atomic E-state index is -1.84. The van der Waals surface area contributed by atoms with E-state index in [0.717, 1.165) is 38.5 Å². The number of ether oxygens (including phenoxy) is 1. The Morgan fingerprint density at radius 1 is 0.694 bits per heavy atom. The molecule has 0 amide bonds. The fourth-order valence-corrected chi connectivity index (χ4v) is 4.43. The molecule has 0 aliphatic rings. The van der Waals surface area contributed by atoms with Gasteiger partial charge in [-0.2, -0.15) is 0 Å². The highest BCUT2D eigenvalue weighted by atomic mass is 16.5. The van der Waals surface area contributed by atoms with Crippen molar-refractivity contribution in [3.05, 3.63) is 0 Å². The molecule has 0 aromatic rings. The van der Waals surface area contributed by atoms with Crippen LogP contribution in [0.4, 0.5) is 0 Å². The van der Waals surface area contributed by atoms with Gasteiger partial charge in [0.15, 0.2) is 6.10 Å².